The van der Waals surface area contributed by atoms with Gasteiger partial charge in [0.2, 0.25) is 5.91 Å². The first-order valence-electron chi connectivity index (χ1n) is 6.37. The summed E-state index contributed by atoms with van der Waals surface area (Å²) in [5.41, 5.74) is 1.55. The Balaban J connectivity index is 1.75. The van der Waals surface area contributed by atoms with E-state index in [4.69, 9.17) is 0 Å². The lowest BCUT2D eigenvalue weighted by molar-refractivity contribution is -0.120. The molecular formula is C15H17N3O2. The van der Waals surface area contributed by atoms with E-state index in [0.29, 0.717) is 12.2 Å². The van der Waals surface area contributed by atoms with E-state index in [1.54, 1.807) is 29.9 Å². The fourth-order valence-corrected chi connectivity index (χ4v) is 1.81. The molecule has 5 heteroatoms. The van der Waals surface area contributed by atoms with Crippen molar-refractivity contribution >= 4 is 11.8 Å². The Morgan fingerprint density at radius 1 is 1.05 bits per heavy atom. The predicted octanol–water partition coefficient (Wildman–Crippen LogP) is 1.07. The van der Waals surface area contributed by atoms with Crippen LogP contribution in [-0.4, -0.2) is 22.9 Å². The SMILES string of the molecule is Cn1cccc1C(=O)NCC(=O)NCc1ccccc1. The number of aromatic nitrogens is 1. The highest BCUT2D eigenvalue weighted by molar-refractivity contribution is 5.95. The number of nitrogens with one attached hydrogen (secondary N) is 2. The number of benzene rings is 1. The fourth-order valence-electron chi connectivity index (χ4n) is 1.81. The highest BCUT2D eigenvalue weighted by Gasteiger charge is 2.10. The van der Waals surface area contributed by atoms with Crippen LogP contribution >= 0.6 is 0 Å². The molecule has 0 aliphatic heterocycles. The molecule has 2 rings (SSSR count). The van der Waals surface area contributed by atoms with Crippen LogP contribution in [0.4, 0.5) is 0 Å². The third kappa shape index (κ3) is 3.71. The van der Waals surface area contributed by atoms with Gasteiger partial charge in [-0.3, -0.25) is 9.59 Å². The molecule has 0 aliphatic carbocycles. The van der Waals surface area contributed by atoms with Crippen LogP contribution in [-0.2, 0) is 18.4 Å². The van der Waals surface area contributed by atoms with Crippen LogP contribution in [0.15, 0.2) is 48.7 Å². The number of aryl methyl sites for hydroxylation is 1. The Kier molecular flexibility index (Phi) is 4.55. The number of hydrogen-bond acceptors (Lipinski definition) is 2. The van der Waals surface area contributed by atoms with Crippen LogP contribution in [0, 0.1) is 0 Å². The van der Waals surface area contributed by atoms with Gasteiger partial charge in [-0.25, -0.2) is 0 Å². The fraction of sp³-hybridized carbons (Fsp3) is 0.200. The average molecular weight is 271 g/mol. The first kappa shape index (κ1) is 13.9. The largest absolute Gasteiger partial charge is 0.350 e. The van der Waals surface area contributed by atoms with Crippen LogP contribution in [0.1, 0.15) is 16.1 Å². The normalized spacial score (nSPS) is 10.1. The maximum Gasteiger partial charge on any atom is 0.268 e. The molecule has 0 aliphatic rings. The summed E-state index contributed by atoms with van der Waals surface area (Å²) >= 11 is 0. The Bertz CT molecular complexity index is 590. The van der Waals surface area contributed by atoms with E-state index in [1.807, 2.05) is 30.3 Å². The lowest BCUT2D eigenvalue weighted by Gasteiger charge is -2.07. The zero-order valence-corrected chi connectivity index (χ0v) is 11.3. The third-order valence-electron chi connectivity index (χ3n) is 2.92. The van der Waals surface area contributed by atoms with Gasteiger partial charge in [0.25, 0.3) is 5.91 Å². The standard InChI is InChI=1S/C15H17N3O2/c1-18-9-5-8-13(18)15(20)17-11-14(19)16-10-12-6-3-2-4-7-12/h2-9H,10-11H2,1H3,(H,16,19)(H,17,20). The molecule has 2 amide bonds. The molecule has 0 bridgehead atoms. The second-order valence-corrected chi connectivity index (χ2v) is 4.45. The lowest BCUT2D eigenvalue weighted by atomic mass is 10.2. The second kappa shape index (κ2) is 6.56. The maximum absolute atomic E-state index is 11.8. The van der Waals surface area contributed by atoms with Crippen LogP contribution in [0.5, 0.6) is 0 Å². The third-order valence-corrected chi connectivity index (χ3v) is 2.92. The molecule has 0 spiro atoms. The number of nitrogens with zero attached hydrogens (tertiary/aromatic N) is 1. The zero-order valence-electron chi connectivity index (χ0n) is 11.3. The van der Waals surface area contributed by atoms with Gasteiger partial charge in [0.1, 0.15) is 5.69 Å². The Morgan fingerprint density at radius 2 is 1.80 bits per heavy atom. The number of carbonyl (C=O) groups excluding carboxylic acids is 2. The van der Waals surface area contributed by atoms with Crippen molar-refractivity contribution in [2.75, 3.05) is 6.54 Å². The molecule has 0 radical (unpaired) electrons. The molecule has 5 nitrogen and oxygen atoms in total. The van der Waals surface area contributed by atoms with Crippen molar-refractivity contribution in [3.63, 3.8) is 0 Å². The summed E-state index contributed by atoms with van der Waals surface area (Å²) < 4.78 is 1.71. The van der Waals surface area contributed by atoms with Gasteiger partial charge in [-0.2, -0.15) is 0 Å². The van der Waals surface area contributed by atoms with Gasteiger partial charge in [-0.1, -0.05) is 30.3 Å². The molecule has 0 saturated heterocycles. The van der Waals surface area contributed by atoms with Gasteiger partial charge < -0.3 is 15.2 Å². The van der Waals surface area contributed by atoms with Crippen LogP contribution < -0.4 is 10.6 Å². The lowest BCUT2D eigenvalue weighted by Crippen LogP contribution is -2.37. The van der Waals surface area contributed by atoms with Crippen molar-refractivity contribution in [2.45, 2.75) is 6.54 Å². The first-order valence-corrected chi connectivity index (χ1v) is 6.37. The van der Waals surface area contributed by atoms with Gasteiger partial charge in [0.05, 0.1) is 6.54 Å². The summed E-state index contributed by atoms with van der Waals surface area (Å²) in [6.07, 6.45) is 1.78. The summed E-state index contributed by atoms with van der Waals surface area (Å²) in [5.74, 6) is -0.469. The molecule has 2 N–H and O–H groups in total. The van der Waals surface area contributed by atoms with Crippen molar-refractivity contribution < 1.29 is 9.59 Å². The van der Waals surface area contributed by atoms with E-state index < -0.39 is 0 Å². The summed E-state index contributed by atoms with van der Waals surface area (Å²) in [6.45, 7) is 0.427. The van der Waals surface area contributed by atoms with Crippen LogP contribution in [0.2, 0.25) is 0 Å². The van der Waals surface area contributed by atoms with Crippen molar-refractivity contribution in [1.29, 1.82) is 0 Å². The molecule has 2 aromatic rings. The van der Waals surface area contributed by atoms with E-state index in [-0.39, 0.29) is 18.4 Å². The summed E-state index contributed by atoms with van der Waals surface area (Å²) in [7, 11) is 1.78. The topological polar surface area (TPSA) is 63.1 Å². The first-order chi connectivity index (χ1) is 9.66. The minimum Gasteiger partial charge on any atom is -0.350 e. The van der Waals surface area contributed by atoms with E-state index in [2.05, 4.69) is 10.6 Å². The molecule has 1 aromatic heterocycles. The quantitative estimate of drug-likeness (QED) is 0.854. The zero-order chi connectivity index (χ0) is 14.4. The Labute approximate surface area is 117 Å². The highest BCUT2D eigenvalue weighted by atomic mass is 16.2. The van der Waals surface area contributed by atoms with Gasteiger partial charge in [0, 0.05) is 19.8 Å². The van der Waals surface area contributed by atoms with E-state index in [0.717, 1.165) is 5.56 Å². The monoisotopic (exact) mass is 271 g/mol. The predicted molar refractivity (Wildman–Crippen MR) is 76.0 cm³/mol. The summed E-state index contributed by atoms with van der Waals surface area (Å²) in [5, 5.41) is 5.34. The van der Waals surface area contributed by atoms with Crippen molar-refractivity contribution in [3.8, 4) is 0 Å². The summed E-state index contributed by atoms with van der Waals surface area (Å²) in [4.78, 5) is 23.4. The smallest absolute Gasteiger partial charge is 0.268 e. The van der Waals surface area contributed by atoms with E-state index in [9.17, 15) is 9.59 Å². The minimum atomic E-state index is -0.257. The molecule has 1 heterocycles. The van der Waals surface area contributed by atoms with Gasteiger partial charge in [-0.15, -0.1) is 0 Å². The van der Waals surface area contributed by atoms with Crippen molar-refractivity contribution in [2.24, 2.45) is 7.05 Å². The van der Waals surface area contributed by atoms with Gasteiger partial charge in [-0.05, 0) is 17.7 Å². The molecule has 0 atom stereocenters. The number of amides is 2. The van der Waals surface area contributed by atoms with Crippen LogP contribution in [0.25, 0.3) is 0 Å². The summed E-state index contributed by atoms with van der Waals surface area (Å²) in [6, 6.07) is 13.1. The molecule has 0 fully saturated rings. The van der Waals surface area contributed by atoms with E-state index in [1.165, 1.54) is 0 Å². The van der Waals surface area contributed by atoms with Crippen molar-refractivity contribution in [3.05, 3.63) is 59.9 Å². The van der Waals surface area contributed by atoms with Crippen LogP contribution in [0.3, 0.4) is 0 Å². The Morgan fingerprint density at radius 3 is 2.45 bits per heavy atom. The molecule has 0 unspecified atom stereocenters. The highest BCUT2D eigenvalue weighted by Crippen LogP contribution is 1.99. The molecule has 20 heavy (non-hydrogen) atoms. The maximum atomic E-state index is 11.8. The van der Waals surface area contributed by atoms with Gasteiger partial charge >= 0.3 is 0 Å². The molecule has 1 aromatic carbocycles. The van der Waals surface area contributed by atoms with Gasteiger partial charge in [0.15, 0.2) is 0 Å². The van der Waals surface area contributed by atoms with E-state index >= 15 is 0 Å². The number of carbonyl (C=O) groups is 2. The number of rotatable bonds is 5. The van der Waals surface area contributed by atoms with Crippen molar-refractivity contribution in [1.82, 2.24) is 15.2 Å². The molecule has 104 valence electrons. The Hall–Kier alpha value is -2.56. The molecule has 0 saturated carbocycles. The number of hydrogen-bond donors (Lipinski definition) is 2. The minimum absolute atomic E-state index is 0.0309. The second-order valence-electron chi connectivity index (χ2n) is 4.45. The molecular weight excluding hydrogens is 254 g/mol. The average Bonchev–Trinajstić information content (AvgIpc) is 2.90.